The van der Waals surface area contributed by atoms with Crippen molar-refractivity contribution in [1.82, 2.24) is 15.1 Å². The molecule has 1 atom stereocenters. The second-order valence-corrected chi connectivity index (χ2v) is 9.15. The molecule has 2 fully saturated rings. The summed E-state index contributed by atoms with van der Waals surface area (Å²) in [5.74, 6) is -0.222. The van der Waals surface area contributed by atoms with Gasteiger partial charge in [-0.1, -0.05) is 36.7 Å². The SMILES string of the molecule is CCCN1C(=O)C2SC(=[N+]3CCCC3)N=C2N(CC(=O)NCc2ccccc2Cl)C1=O. The highest BCUT2D eigenvalue weighted by atomic mass is 35.5. The van der Waals surface area contributed by atoms with Crippen molar-refractivity contribution >= 4 is 52.2 Å². The van der Waals surface area contributed by atoms with E-state index < -0.39 is 11.3 Å². The summed E-state index contributed by atoms with van der Waals surface area (Å²) >= 11 is 7.53. The van der Waals surface area contributed by atoms with Gasteiger partial charge in [-0.05, 0) is 47.6 Å². The van der Waals surface area contributed by atoms with Crippen molar-refractivity contribution in [3.8, 4) is 0 Å². The van der Waals surface area contributed by atoms with E-state index in [9.17, 15) is 14.4 Å². The van der Waals surface area contributed by atoms with Crippen molar-refractivity contribution in [2.75, 3.05) is 26.2 Å². The molecule has 8 nitrogen and oxygen atoms in total. The van der Waals surface area contributed by atoms with E-state index in [1.165, 1.54) is 21.6 Å². The van der Waals surface area contributed by atoms with Gasteiger partial charge in [0, 0.05) is 18.1 Å². The molecule has 0 aliphatic carbocycles. The van der Waals surface area contributed by atoms with E-state index in [-0.39, 0.29) is 24.9 Å². The number of urea groups is 1. The van der Waals surface area contributed by atoms with Gasteiger partial charge in [0.2, 0.25) is 5.91 Å². The Bertz CT molecular complexity index is 972. The number of nitrogens with zero attached hydrogens (tertiary/aromatic N) is 4. The largest absolute Gasteiger partial charge is 0.357 e. The molecule has 1 unspecified atom stereocenters. The van der Waals surface area contributed by atoms with Gasteiger partial charge in [-0.15, -0.1) is 0 Å². The maximum atomic E-state index is 13.1. The van der Waals surface area contributed by atoms with Crippen molar-refractivity contribution in [3.05, 3.63) is 34.9 Å². The number of aliphatic imine (C=N–C) groups is 1. The molecule has 1 N–H and O–H groups in total. The fourth-order valence-corrected chi connectivity index (χ4v) is 5.25. The number of thioether (sulfide) groups is 1. The molecule has 2 saturated heterocycles. The molecular formula is C21H25ClN5O3S+. The van der Waals surface area contributed by atoms with Crippen molar-refractivity contribution in [3.63, 3.8) is 0 Å². The average molecular weight is 463 g/mol. The van der Waals surface area contributed by atoms with E-state index in [2.05, 4.69) is 14.9 Å². The van der Waals surface area contributed by atoms with Crippen LogP contribution in [0.3, 0.4) is 0 Å². The normalized spacial score (nSPS) is 21.0. The molecule has 164 valence electrons. The number of nitrogens with one attached hydrogen (secondary N) is 1. The second kappa shape index (κ2) is 9.40. The van der Waals surface area contributed by atoms with Gasteiger partial charge in [0.15, 0.2) is 5.25 Å². The fraction of sp³-hybridized carbons (Fsp3) is 0.476. The lowest BCUT2D eigenvalue weighted by Crippen LogP contribution is -2.61. The number of fused-ring (bicyclic) bond motifs is 1. The molecule has 1 aromatic carbocycles. The van der Waals surface area contributed by atoms with Gasteiger partial charge in [0.1, 0.15) is 6.54 Å². The van der Waals surface area contributed by atoms with Crippen molar-refractivity contribution in [1.29, 1.82) is 0 Å². The third kappa shape index (κ3) is 4.48. The fourth-order valence-electron chi connectivity index (χ4n) is 3.85. The highest BCUT2D eigenvalue weighted by molar-refractivity contribution is 8.15. The third-order valence-corrected chi connectivity index (χ3v) is 7.03. The first-order valence-electron chi connectivity index (χ1n) is 10.5. The number of amides is 4. The second-order valence-electron chi connectivity index (χ2n) is 7.67. The van der Waals surface area contributed by atoms with Crippen molar-refractivity contribution in [2.24, 2.45) is 4.99 Å². The summed E-state index contributed by atoms with van der Waals surface area (Å²) in [5.41, 5.74) is 0.793. The first-order chi connectivity index (χ1) is 15.0. The number of imide groups is 1. The Morgan fingerprint density at radius 2 is 2.00 bits per heavy atom. The molecule has 31 heavy (non-hydrogen) atoms. The van der Waals surface area contributed by atoms with E-state index in [0.717, 1.165) is 36.7 Å². The molecule has 0 radical (unpaired) electrons. The Morgan fingerprint density at radius 3 is 2.71 bits per heavy atom. The van der Waals surface area contributed by atoms with E-state index >= 15 is 0 Å². The Kier molecular flexibility index (Phi) is 6.62. The minimum Gasteiger partial charge on any atom is -0.350 e. The minimum atomic E-state index is -0.587. The van der Waals surface area contributed by atoms with Crippen LogP contribution in [-0.2, 0) is 16.1 Å². The summed E-state index contributed by atoms with van der Waals surface area (Å²) in [6.45, 7) is 4.08. The van der Waals surface area contributed by atoms with Gasteiger partial charge < -0.3 is 5.32 Å². The van der Waals surface area contributed by atoms with Crippen LogP contribution in [-0.4, -0.2) is 74.7 Å². The van der Waals surface area contributed by atoms with Crippen LogP contribution < -0.4 is 5.32 Å². The van der Waals surface area contributed by atoms with Crippen LogP contribution in [0.15, 0.2) is 29.3 Å². The summed E-state index contributed by atoms with van der Waals surface area (Å²) in [5, 5.41) is 3.56. The van der Waals surface area contributed by atoms with Crippen molar-refractivity contribution < 1.29 is 19.0 Å². The molecular weight excluding hydrogens is 438 g/mol. The highest BCUT2D eigenvalue weighted by Gasteiger charge is 2.53. The van der Waals surface area contributed by atoms with Crippen LogP contribution in [0.25, 0.3) is 0 Å². The van der Waals surface area contributed by atoms with E-state index in [4.69, 9.17) is 11.6 Å². The highest BCUT2D eigenvalue weighted by Crippen LogP contribution is 2.32. The Balaban J connectivity index is 1.54. The Morgan fingerprint density at radius 1 is 1.26 bits per heavy atom. The van der Waals surface area contributed by atoms with Crippen LogP contribution in [0, 0.1) is 0 Å². The number of hydrogen-bond donors (Lipinski definition) is 1. The lowest BCUT2D eigenvalue weighted by Gasteiger charge is -2.34. The molecule has 3 aliphatic rings. The lowest BCUT2D eigenvalue weighted by atomic mass is 10.2. The first kappa shape index (κ1) is 21.8. The van der Waals surface area contributed by atoms with Crippen LogP contribution in [0.4, 0.5) is 4.79 Å². The first-order valence-corrected chi connectivity index (χ1v) is 11.8. The smallest absolute Gasteiger partial charge is 0.350 e. The molecule has 0 saturated carbocycles. The summed E-state index contributed by atoms with van der Waals surface area (Å²) in [7, 11) is 0. The summed E-state index contributed by atoms with van der Waals surface area (Å²) < 4.78 is 2.15. The van der Waals surface area contributed by atoms with Gasteiger partial charge in [-0.2, -0.15) is 0 Å². The number of benzene rings is 1. The topological polar surface area (TPSA) is 85.1 Å². The maximum Gasteiger partial charge on any atom is 0.357 e. The van der Waals surface area contributed by atoms with Crippen LogP contribution in [0.5, 0.6) is 0 Å². The predicted octanol–water partition coefficient (Wildman–Crippen LogP) is 2.31. The lowest BCUT2D eigenvalue weighted by molar-refractivity contribution is -0.503. The van der Waals surface area contributed by atoms with Gasteiger partial charge in [0.25, 0.3) is 11.7 Å². The number of carbonyl (C=O) groups is 3. The molecule has 4 amide bonds. The molecule has 0 bridgehead atoms. The van der Waals surface area contributed by atoms with Gasteiger partial charge in [0.05, 0.1) is 13.1 Å². The maximum absolute atomic E-state index is 13.1. The van der Waals surface area contributed by atoms with E-state index in [0.29, 0.717) is 23.8 Å². The standard InChI is InChI=1S/C21H24ClN5O3S/c1-2-9-26-19(29)17-18(24-20(31-17)25-10-5-6-11-25)27(21(26)30)13-16(28)23-12-14-7-3-4-8-15(14)22/h3-4,7-8,17H,2,5-6,9-13H2,1H3/p+1. The number of amidine groups is 2. The summed E-state index contributed by atoms with van der Waals surface area (Å²) in [6.07, 6.45) is 2.82. The summed E-state index contributed by atoms with van der Waals surface area (Å²) in [4.78, 5) is 46.0. The molecule has 3 aliphatic heterocycles. The van der Waals surface area contributed by atoms with Crippen LogP contribution in [0.2, 0.25) is 5.02 Å². The van der Waals surface area contributed by atoms with Crippen molar-refractivity contribution in [2.45, 2.75) is 38.0 Å². The zero-order valence-electron chi connectivity index (χ0n) is 17.3. The number of hydrogen-bond acceptors (Lipinski definition) is 4. The number of carbonyl (C=O) groups excluding carboxylic acids is 3. The Labute approximate surface area is 190 Å². The zero-order chi connectivity index (χ0) is 22.0. The average Bonchev–Trinajstić information content (AvgIpc) is 3.44. The van der Waals surface area contributed by atoms with Gasteiger partial charge in [-0.3, -0.25) is 19.1 Å². The quantitative estimate of drug-likeness (QED) is 0.657. The number of rotatable bonds is 6. The van der Waals surface area contributed by atoms with E-state index in [1.54, 1.807) is 6.07 Å². The minimum absolute atomic E-state index is 0.194. The molecule has 0 aromatic heterocycles. The molecule has 4 rings (SSSR count). The van der Waals surface area contributed by atoms with E-state index in [1.807, 2.05) is 25.1 Å². The summed E-state index contributed by atoms with van der Waals surface area (Å²) in [6, 6.07) is 6.78. The molecule has 10 heteroatoms. The van der Waals surface area contributed by atoms with Gasteiger partial charge >= 0.3 is 11.2 Å². The molecule has 1 aromatic rings. The van der Waals surface area contributed by atoms with Crippen LogP contribution >= 0.6 is 23.4 Å². The van der Waals surface area contributed by atoms with Crippen LogP contribution in [0.1, 0.15) is 31.7 Å². The Hall–Kier alpha value is -2.39. The monoisotopic (exact) mass is 462 g/mol. The predicted molar refractivity (Wildman–Crippen MR) is 120 cm³/mol. The number of halogens is 1. The molecule has 3 heterocycles. The zero-order valence-corrected chi connectivity index (χ0v) is 18.9. The molecule has 0 spiro atoms. The van der Waals surface area contributed by atoms with Gasteiger partial charge in [-0.25, -0.2) is 9.69 Å². The third-order valence-electron chi connectivity index (χ3n) is 5.46.